The van der Waals surface area contributed by atoms with Crippen LogP contribution in [0.2, 0.25) is 0 Å². The van der Waals surface area contributed by atoms with Crippen LogP contribution >= 0.6 is 0 Å². The van der Waals surface area contributed by atoms with Crippen LogP contribution in [0.15, 0.2) is 12.4 Å². The van der Waals surface area contributed by atoms with Gasteiger partial charge < -0.3 is 5.73 Å². The molecule has 2 N–H and O–H groups in total. The smallest absolute Gasteiger partial charge is 0.327 e. The van der Waals surface area contributed by atoms with Crippen molar-refractivity contribution in [2.24, 2.45) is 18.7 Å². The third kappa shape index (κ3) is 2.75. The average molecular weight is 235 g/mol. The number of halogens is 3. The number of nitrogens with zero attached hydrogens (tertiary/aromatic N) is 2. The number of aryl methyl sites for hydroxylation is 1. The first-order chi connectivity index (χ1) is 7.23. The highest BCUT2D eigenvalue weighted by Crippen LogP contribution is 2.38. The zero-order valence-electron chi connectivity index (χ0n) is 9.49. The van der Waals surface area contributed by atoms with Gasteiger partial charge in [-0.05, 0) is 5.92 Å². The topological polar surface area (TPSA) is 43.8 Å². The lowest BCUT2D eigenvalue weighted by Crippen LogP contribution is -2.41. The van der Waals surface area contributed by atoms with Gasteiger partial charge in [-0.2, -0.15) is 18.3 Å². The Kier molecular flexibility index (Phi) is 3.62. The molecule has 6 heteroatoms. The van der Waals surface area contributed by atoms with Gasteiger partial charge in [-0.15, -0.1) is 0 Å². The highest BCUT2D eigenvalue weighted by molar-refractivity contribution is 5.17. The summed E-state index contributed by atoms with van der Waals surface area (Å²) < 4.78 is 40.1. The predicted molar refractivity (Wildman–Crippen MR) is 54.8 cm³/mol. The number of alkyl halides is 3. The Bertz CT molecular complexity index is 343. The number of aromatic nitrogens is 2. The Morgan fingerprint density at radius 3 is 2.25 bits per heavy atom. The Balaban J connectivity index is 3.06. The van der Waals surface area contributed by atoms with Crippen LogP contribution in [0.5, 0.6) is 0 Å². The molecule has 1 aromatic heterocycles. The second-order valence-corrected chi connectivity index (χ2v) is 4.29. The molecule has 92 valence electrons. The summed E-state index contributed by atoms with van der Waals surface area (Å²) in [4.78, 5) is 0. The van der Waals surface area contributed by atoms with E-state index in [-0.39, 0.29) is 11.5 Å². The van der Waals surface area contributed by atoms with Crippen molar-refractivity contribution in [1.82, 2.24) is 9.78 Å². The number of nitrogens with two attached hydrogens (primary N) is 1. The van der Waals surface area contributed by atoms with Crippen LogP contribution in [0.1, 0.15) is 25.3 Å². The first-order valence-electron chi connectivity index (χ1n) is 5.04. The molecule has 0 saturated heterocycles. The van der Waals surface area contributed by atoms with Crippen LogP contribution in [0.4, 0.5) is 13.2 Å². The largest absolute Gasteiger partial charge is 0.397 e. The molecule has 2 unspecified atom stereocenters. The number of hydrogen-bond acceptors (Lipinski definition) is 2. The molecule has 0 aliphatic heterocycles. The van der Waals surface area contributed by atoms with Crippen LogP contribution in [-0.2, 0) is 7.05 Å². The van der Waals surface area contributed by atoms with Crippen molar-refractivity contribution >= 4 is 0 Å². The van der Waals surface area contributed by atoms with E-state index in [0.29, 0.717) is 0 Å². The van der Waals surface area contributed by atoms with Crippen LogP contribution in [0.25, 0.3) is 0 Å². The molecule has 0 amide bonds. The molecule has 0 bridgehead atoms. The van der Waals surface area contributed by atoms with Gasteiger partial charge in [0, 0.05) is 24.8 Å². The summed E-state index contributed by atoms with van der Waals surface area (Å²) in [5, 5.41) is 3.75. The van der Waals surface area contributed by atoms with Gasteiger partial charge in [-0.25, -0.2) is 0 Å². The summed E-state index contributed by atoms with van der Waals surface area (Å²) in [6.45, 7) is 3.36. The molecule has 0 aliphatic rings. The summed E-state index contributed by atoms with van der Waals surface area (Å²) in [6, 6.07) is -0.954. The molecule has 0 aromatic carbocycles. The molecule has 0 fully saturated rings. The highest BCUT2D eigenvalue weighted by atomic mass is 19.4. The van der Waals surface area contributed by atoms with Crippen LogP contribution in [0, 0.1) is 5.92 Å². The zero-order chi connectivity index (χ0) is 12.5. The van der Waals surface area contributed by atoms with E-state index in [0.717, 1.165) is 0 Å². The zero-order valence-corrected chi connectivity index (χ0v) is 9.49. The van der Waals surface area contributed by atoms with E-state index in [2.05, 4.69) is 5.10 Å². The Labute approximate surface area is 92.4 Å². The fraction of sp³-hybridized carbons (Fsp3) is 0.700. The maximum absolute atomic E-state index is 12.9. The maximum Gasteiger partial charge on any atom is 0.397 e. The van der Waals surface area contributed by atoms with Gasteiger partial charge in [0.2, 0.25) is 0 Å². The van der Waals surface area contributed by atoms with Crippen molar-refractivity contribution < 1.29 is 13.2 Å². The third-order valence-corrected chi connectivity index (χ3v) is 2.59. The van der Waals surface area contributed by atoms with Crippen molar-refractivity contribution in [3.05, 3.63) is 18.0 Å². The molecule has 16 heavy (non-hydrogen) atoms. The molecule has 1 rings (SSSR count). The Morgan fingerprint density at radius 2 is 1.94 bits per heavy atom. The average Bonchev–Trinajstić information content (AvgIpc) is 2.49. The molecular weight excluding hydrogens is 219 g/mol. The molecule has 3 nitrogen and oxygen atoms in total. The SMILES string of the molecule is CC(C)C(N)C(c1cnn(C)c1)C(F)(F)F. The third-order valence-electron chi connectivity index (χ3n) is 2.59. The lowest BCUT2D eigenvalue weighted by molar-refractivity contribution is -0.157. The lowest BCUT2D eigenvalue weighted by Gasteiger charge is -2.27. The molecule has 0 radical (unpaired) electrons. The van der Waals surface area contributed by atoms with Crippen molar-refractivity contribution in [2.75, 3.05) is 0 Å². The van der Waals surface area contributed by atoms with E-state index in [4.69, 9.17) is 5.73 Å². The van der Waals surface area contributed by atoms with Crippen LogP contribution in [-0.4, -0.2) is 22.0 Å². The van der Waals surface area contributed by atoms with Crippen molar-refractivity contribution in [2.45, 2.75) is 32.0 Å². The monoisotopic (exact) mass is 235 g/mol. The van der Waals surface area contributed by atoms with E-state index in [9.17, 15) is 13.2 Å². The normalized spacial score (nSPS) is 16.5. The van der Waals surface area contributed by atoms with E-state index < -0.39 is 18.1 Å². The van der Waals surface area contributed by atoms with Crippen molar-refractivity contribution in [3.63, 3.8) is 0 Å². The quantitative estimate of drug-likeness (QED) is 0.871. The molecule has 1 aromatic rings. The van der Waals surface area contributed by atoms with Gasteiger partial charge in [0.15, 0.2) is 0 Å². The van der Waals surface area contributed by atoms with Crippen molar-refractivity contribution in [1.29, 1.82) is 0 Å². The minimum Gasteiger partial charge on any atom is -0.327 e. The highest BCUT2D eigenvalue weighted by Gasteiger charge is 2.45. The van der Waals surface area contributed by atoms with Gasteiger partial charge in [0.25, 0.3) is 0 Å². The lowest BCUT2D eigenvalue weighted by atomic mass is 9.86. The molecular formula is C10H16F3N3. The summed E-state index contributed by atoms with van der Waals surface area (Å²) in [5.41, 5.74) is 5.75. The standard InChI is InChI=1S/C10H16F3N3/c1-6(2)9(14)8(10(11,12)13)7-4-15-16(3)5-7/h4-6,8-9H,14H2,1-3H3. The molecule has 2 atom stereocenters. The van der Waals surface area contributed by atoms with Gasteiger partial charge in [-0.1, -0.05) is 13.8 Å². The fourth-order valence-corrected chi connectivity index (χ4v) is 1.62. The van der Waals surface area contributed by atoms with Gasteiger partial charge in [0.05, 0.1) is 12.1 Å². The number of rotatable bonds is 3. The van der Waals surface area contributed by atoms with Crippen LogP contribution in [0.3, 0.4) is 0 Å². The molecule has 0 aliphatic carbocycles. The maximum atomic E-state index is 12.9. The summed E-state index contributed by atoms with van der Waals surface area (Å²) >= 11 is 0. The number of hydrogen-bond donors (Lipinski definition) is 1. The summed E-state index contributed by atoms with van der Waals surface area (Å²) in [5.74, 6) is -1.90. The Morgan fingerprint density at radius 1 is 1.38 bits per heavy atom. The van der Waals surface area contributed by atoms with E-state index in [1.807, 2.05) is 0 Å². The summed E-state index contributed by atoms with van der Waals surface area (Å²) in [7, 11) is 1.58. The second-order valence-electron chi connectivity index (χ2n) is 4.29. The van der Waals surface area contributed by atoms with Gasteiger partial charge in [-0.3, -0.25) is 4.68 Å². The van der Waals surface area contributed by atoms with Gasteiger partial charge >= 0.3 is 6.18 Å². The van der Waals surface area contributed by atoms with Crippen LogP contribution < -0.4 is 5.73 Å². The van der Waals surface area contributed by atoms with E-state index in [1.165, 1.54) is 17.1 Å². The Hall–Kier alpha value is -1.04. The molecule has 0 saturated carbocycles. The minimum atomic E-state index is -4.34. The second kappa shape index (κ2) is 4.45. The molecule has 1 heterocycles. The van der Waals surface area contributed by atoms with E-state index >= 15 is 0 Å². The van der Waals surface area contributed by atoms with Crippen molar-refractivity contribution in [3.8, 4) is 0 Å². The minimum absolute atomic E-state index is 0.121. The van der Waals surface area contributed by atoms with Gasteiger partial charge in [0.1, 0.15) is 0 Å². The summed E-state index contributed by atoms with van der Waals surface area (Å²) in [6.07, 6.45) is -1.76. The van der Waals surface area contributed by atoms with E-state index in [1.54, 1.807) is 20.9 Å². The molecule has 0 spiro atoms. The fourth-order valence-electron chi connectivity index (χ4n) is 1.62. The first-order valence-corrected chi connectivity index (χ1v) is 5.04. The first kappa shape index (κ1) is 13.0. The predicted octanol–water partition coefficient (Wildman–Crippen LogP) is 2.05.